The lowest BCUT2D eigenvalue weighted by molar-refractivity contribution is 0.309. The molecule has 0 atom stereocenters. The summed E-state index contributed by atoms with van der Waals surface area (Å²) in [5, 5.41) is 3.52. The predicted molar refractivity (Wildman–Crippen MR) is 82.8 cm³/mol. The summed E-state index contributed by atoms with van der Waals surface area (Å²) in [4.78, 5) is 2.37. The third-order valence-corrected chi connectivity index (χ3v) is 3.54. The van der Waals surface area contributed by atoms with Crippen molar-refractivity contribution >= 4 is 15.9 Å². The number of nitrogens with one attached hydrogen (secondary N) is 1. The van der Waals surface area contributed by atoms with E-state index in [2.05, 4.69) is 78.2 Å². The van der Waals surface area contributed by atoms with Gasteiger partial charge < -0.3 is 10.2 Å². The molecule has 3 heteroatoms. The summed E-state index contributed by atoms with van der Waals surface area (Å²) >= 11 is 3.59. The summed E-state index contributed by atoms with van der Waals surface area (Å²) in [5.41, 5.74) is 1.57. The van der Waals surface area contributed by atoms with Gasteiger partial charge in [-0.2, -0.15) is 0 Å². The number of rotatable bonds is 6. The van der Waals surface area contributed by atoms with Crippen molar-refractivity contribution in [2.24, 2.45) is 0 Å². The van der Waals surface area contributed by atoms with Crippen LogP contribution in [0.3, 0.4) is 0 Å². The Morgan fingerprint density at radius 1 is 1.22 bits per heavy atom. The lowest BCUT2D eigenvalue weighted by Gasteiger charge is -2.22. The average Bonchev–Trinajstić information content (AvgIpc) is 2.26. The average molecular weight is 313 g/mol. The summed E-state index contributed by atoms with van der Waals surface area (Å²) in [6.45, 7) is 9.80. The van der Waals surface area contributed by atoms with Crippen LogP contribution in [-0.4, -0.2) is 30.6 Å². The maximum atomic E-state index is 3.59. The molecule has 102 valence electrons. The molecule has 0 amide bonds. The Hall–Kier alpha value is -0.380. The maximum absolute atomic E-state index is 3.59. The van der Waals surface area contributed by atoms with Crippen molar-refractivity contribution in [1.82, 2.24) is 10.2 Å². The molecule has 0 bridgehead atoms. The summed E-state index contributed by atoms with van der Waals surface area (Å²) in [5.74, 6) is 0. The molecular weight excluding hydrogens is 288 g/mol. The molecule has 0 aromatic heterocycles. The topological polar surface area (TPSA) is 15.3 Å². The van der Waals surface area contributed by atoms with Gasteiger partial charge in [-0.15, -0.1) is 0 Å². The van der Waals surface area contributed by atoms with Crippen molar-refractivity contribution < 1.29 is 0 Å². The molecular formula is C15H25BrN2. The SMILES string of the molecule is CN(CCCNC(C)(C)C)Cc1ccccc1Br. The van der Waals surface area contributed by atoms with E-state index in [1.165, 1.54) is 16.5 Å². The first-order chi connectivity index (χ1) is 8.38. The van der Waals surface area contributed by atoms with Crippen LogP contribution in [0.2, 0.25) is 0 Å². The minimum Gasteiger partial charge on any atom is -0.312 e. The minimum atomic E-state index is 0.223. The van der Waals surface area contributed by atoms with E-state index >= 15 is 0 Å². The Morgan fingerprint density at radius 2 is 1.89 bits per heavy atom. The van der Waals surface area contributed by atoms with Gasteiger partial charge in [0.1, 0.15) is 0 Å². The molecule has 0 spiro atoms. The molecule has 0 aliphatic rings. The van der Waals surface area contributed by atoms with Crippen molar-refractivity contribution in [2.45, 2.75) is 39.3 Å². The van der Waals surface area contributed by atoms with E-state index in [1.54, 1.807) is 0 Å². The molecule has 0 aliphatic heterocycles. The van der Waals surface area contributed by atoms with Gasteiger partial charge in [0.15, 0.2) is 0 Å². The number of hydrogen-bond donors (Lipinski definition) is 1. The second-order valence-electron chi connectivity index (χ2n) is 5.86. The first kappa shape index (κ1) is 15.7. The third kappa shape index (κ3) is 6.53. The summed E-state index contributed by atoms with van der Waals surface area (Å²) < 4.78 is 1.20. The molecule has 0 radical (unpaired) electrons. The van der Waals surface area contributed by atoms with E-state index in [1.807, 2.05) is 0 Å². The van der Waals surface area contributed by atoms with Gasteiger partial charge in [-0.25, -0.2) is 0 Å². The molecule has 1 N–H and O–H groups in total. The van der Waals surface area contributed by atoms with Crippen molar-refractivity contribution in [3.05, 3.63) is 34.3 Å². The second kappa shape index (κ2) is 7.27. The Kier molecular flexibility index (Phi) is 6.33. The summed E-state index contributed by atoms with van der Waals surface area (Å²) in [6, 6.07) is 8.42. The molecule has 0 saturated heterocycles. The van der Waals surface area contributed by atoms with E-state index in [0.717, 1.165) is 19.6 Å². The zero-order valence-corrected chi connectivity index (χ0v) is 13.5. The number of hydrogen-bond acceptors (Lipinski definition) is 2. The molecule has 0 aliphatic carbocycles. The Morgan fingerprint density at radius 3 is 2.50 bits per heavy atom. The van der Waals surface area contributed by atoms with Crippen LogP contribution in [-0.2, 0) is 6.54 Å². The van der Waals surface area contributed by atoms with Crippen molar-refractivity contribution in [3.8, 4) is 0 Å². The van der Waals surface area contributed by atoms with E-state index in [4.69, 9.17) is 0 Å². The van der Waals surface area contributed by atoms with E-state index in [-0.39, 0.29) is 5.54 Å². The maximum Gasteiger partial charge on any atom is 0.0241 e. The zero-order valence-electron chi connectivity index (χ0n) is 12.0. The monoisotopic (exact) mass is 312 g/mol. The standard InChI is InChI=1S/C15H25BrN2/c1-15(2,3)17-10-7-11-18(4)12-13-8-5-6-9-14(13)16/h5-6,8-9,17H,7,10-12H2,1-4H3. The van der Waals surface area contributed by atoms with E-state index in [0.29, 0.717) is 0 Å². The fourth-order valence-corrected chi connectivity index (χ4v) is 2.22. The molecule has 0 saturated carbocycles. The van der Waals surface area contributed by atoms with Crippen LogP contribution < -0.4 is 5.32 Å². The largest absolute Gasteiger partial charge is 0.312 e. The third-order valence-electron chi connectivity index (χ3n) is 2.77. The molecule has 0 fully saturated rings. The fraction of sp³-hybridized carbons (Fsp3) is 0.600. The highest BCUT2D eigenvalue weighted by molar-refractivity contribution is 9.10. The van der Waals surface area contributed by atoms with Crippen LogP contribution in [0.15, 0.2) is 28.7 Å². The first-order valence-electron chi connectivity index (χ1n) is 6.55. The Balaban J connectivity index is 2.26. The molecule has 1 rings (SSSR count). The van der Waals surface area contributed by atoms with Gasteiger partial charge in [-0.05, 0) is 59.0 Å². The van der Waals surface area contributed by atoms with Crippen LogP contribution in [0, 0.1) is 0 Å². The van der Waals surface area contributed by atoms with Crippen LogP contribution in [0.25, 0.3) is 0 Å². The van der Waals surface area contributed by atoms with Crippen LogP contribution in [0.1, 0.15) is 32.8 Å². The molecule has 2 nitrogen and oxygen atoms in total. The number of halogens is 1. The van der Waals surface area contributed by atoms with Crippen molar-refractivity contribution in [1.29, 1.82) is 0 Å². The molecule has 1 aromatic rings. The lowest BCUT2D eigenvalue weighted by Crippen LogP contribution is -2.37. The van der Waals surface area contributed by atoms with Crippen molar-refractivity contribution in [2.75, 3.05) is 20.1 Å². The highest BCUT2D eigenvalue weighted by atomic mass is 79.9. The normalized spacial score (nSPS) is 12.1. The van der Waals surface area contributed by atoms with Crippen molar-refractivity contribution in [3.63, 3.8) is 0 Å². The number of nitrogens with zero attached hydrogens (tertiary/aromatic N) is 1. The quantitative estimate of drug-likeness (QED) is 0.806. The van der Waals surface area contributed by atoms with Gasteiger partial charge in [0.2, 0.25) is 0 Å². The van der Waals surface area contributed by atoms with Gasteiger partial charge in [0, 0.05) is 16.6 Å². The zero-order chi connectivity index (χ0) is 13.6. The summed E-state index contributed by atoms with van der Waals surface area (Å²) in [7, 11) is 2.18. The smallest absolute Gasteiger partial charge is 0.0241 e. The highest BCUT2D eigenvalue weighted by Crippen LogP contribution is 2.17. The van der Waals surface area contributed by atoms with E-state index in [9.17, 15) is 0 Å². The van der Waals surface area contributed by atoms with Gasteiger partial charge in [-0.3, -0.25) is 0 Å². The highest BCUT2D eigenvalue weighted by Gasteiger charge is 2.08. The Labute approximate surface area is 120 Å². The van der Waals surface area contributed by atoms with Gasteiger partial charge in [-0.1, -0.05) is 34.1 Å². The fourth-order valence-electron chi connectivity index (χ4n) is 1.81. The van der Waals surface area contributed by atoms with Crippen LogP contribution in [0.5, 0.6) is 0 Å². The molecule has 0 heterocycles. The van der Waals surface area contributed by atoms with Gasteiger partial charge >= 0.3 is 0 Å². The van der Waals surface area contributed by atoms with Gasteiger partial charge in [0.05, 0.1) is 0 Å². The Bertz CT molecular complexity index is 358. The molecule has 18 heavy (non-hydrogen) atoms. The van der Waals surface area contributed by atoms with Gasteiger partial charge in [0.25, 0.3) is 0 Å². The van der Waals surface area contributed by atoms with Crippen LogP contribution >= 0.6 is 15.9 Å². The minimum absolute atomic E-state index is 0.223. The lowest BCUT2D eigenvalue weighted by atomic mass is 10.1. The number of benzene rings is 1. The first-order valence-corrected chi connectivity index (χ1v) is 7.35. The second-order valence-corrected chi connectivity index (χ2v) is 6.71. The summed E-state index contributed by atoms with van der Waals surface area (Å²) in [6.07, 6.45) is 1.18. The molecule has 0 unspecified atom stereocenters. The molecule has 1 aromatic carbocycles. The predicted octanol–water partition coefficient (Wildman–Crippen LogP) is 3.66. The van der Waals surface area contributed by atoms with E-state index < -0.39 is 0 Å². The van der Waals surface area contributed by atoms with Crippen LogP contribution in [0.4, 0.5) is 0 Å².